The predicted molar refractivity (Wildman–Crippen MR) is 37.2 cm³/mol. The third-order valence-corrected chi connectivity index (χ3v) is 1.63. The molecule has 4 heteroatoms. The van der Waals surface area contributed by atoms with Gasteiger partial charge in [0.25, 0.3) is 0 Å². The second-order valence-corrected chi connectivity index (χ2v) is 3.17. The molecule has 1 aliphatic rings. The third kappa shape index (κ3) is 2.37. The number of hydrogen-bond donors (Lipinski definition) is 1. The standard InChI is InChI=1S/C4H5NOS2/c6-4(7)8-5-3-1-2-3/h3H,1-2H2/p+1. The topological polar surface area (TPSA) is 29.4 Å². The van der Waals surface area contributed by atoms with Crippen molar-refractivity contribution in [2.45, 2.75) is 18.9 Å². The van der Waals surface area contributed by atoms with Gasteiger partial charge in [-0.3, -0.25) is 0 Å². The smallest absolute Gasteiger partial charge is 0.211 e. The quantitative estimate of drug-likeness (QED) is 0.443. The molecular weight excluding hydrogens is 142 g/mol. The van der Waals surface area contributed by atoms with Crippen LogP contribution in [0.1, 0.15) is 12.8 Å². The van der Waals surface area contributed by atoms with E-state index in [4.69, 9.17) is 0 Å². The van der Waals surface area contributed by atoms with Crippen LogP contribution in [0.15, 0.2) is 4.36 Å². The summed E-state index contributed by atoms with van der Waals surface area (Å²) in [5.41, 5.74) is 0. The Morgan fingerprint density at radius 1 is 1.75 bits per heavy atom. The highest BCUT2D eigenvalue weighted by Gasteiger charge is 2.25. The Kier molecular flexibility index (Phi) is 1.96. The molecule has 0 aromatic rings. The number of rotatable bonds is 1. The third-order valence-electron chi connectivity index (χ3n) is 0.827. The number of carbonyl (C=O) groups is 1. The lowest BCUT2D eigenvalue weighted by Gasteiger charge is -1.58. The molecule has 0 unspecified atom stereocenters. The number of hydrogen-bond acceptors (Lipinski definition) is 2. The summed E-state index contributed by atoms with van der Waals surface area (Å²) in [6, 6.07) is 0.455. The van der Waals surface area contributed by atoms with Crippen molar-refractivity contribution in [2.75, 3.05) is 0 Å². The van der Waals surface area contributed by atoms with E-state index in [1.54, 1.807) is 0 Å². The predicted octanol–water partition coefficient (Wildman–Crippen LogP) is 1.46. The molecule has 0 heterocycles. The van der Waals surface area contributed by atoms with Gasteiger partial charge in [0.05, 0.1) is 0 Å². The molecule has 0 N–H and O–H groups in total. The first-order chi connectivity index (χ1) is 3.79. The highest BCUT2D eigenvalue weighted by molar-refractivity contribution is 8.18. The fourth-order valence-electron chi connectivity index (χ4n) is 0.300. The normalized spacial score (nSPS) is 19.6. The molecule has 1 rings (SSSR count). The second kappa shape index (κ2) is 2.55. The number of thiol groups is 1. The van der Waals surface area contributed by atoms with E-state index in [2.05, 4.69) is 17.0 Å². The van der Waals surface area contributed by atoms with Gasteiger partial charge >= 0.3 is 16.0 Å². The zero-order valence-electron chi connectivity index (χ0n) is 4.20. The van der Waals surface area contributed by atoms with Gasteiger partial charge in [0.2, 0.25) is 0 Å². The van der Waals surface area contributed by atoms with Crippen molar-refractivity contribution in [2.24, 2.45) is 4.36 Å². The minimum absolute atomic E-state index is 0.211. The summed E-state index contributed by atoms with van der Waals surface area (Å²) < 4.78 is 3.71. The van der Waals surface area contributed by atoms with Gasteiger partial charge in [-0.25, -0.2) is 4.79 Å². The molecule has 0 aromatic heterocycles. The van der Waals surface area contributed by atoms with Gasteiger partial charge in [-0.1, -0.05) is 0 Å². The van der Waals surface area contributed by atoms with Crippen LogP contribution in [0.4, 0.5) is 4.79 Å². The molecule has 1 aliphatic carbocycles. The lowest BCUT2D eigenvalue weighted by molar-refractivity contribution is 0.277. The fraction of sp³-hybridized carbons (Fsp3) is 0.750. The molecule has 2 nitrogen and oxygen atoms in total. The summed E-state index contributed by atoms with van der Waals surface area (Å²) in [6.45, 7) is 0. The van der Waals surface area contributed by atoms with E-state index >= 15 is 0 Å². The summed E-state index contributed by atoms with van der Waals surface area (Å²) in [4.78, 5) is 10.1. The van der Waals surface area contributed by atoms with Gasteiger partial charge in [0.1, 0.15) is 6.04 Å². The zero-order chi connectivity index (χ0) is 5.98. The van der Waals surface area contributed by atoms with Crippen LogP contribution in [0.3, 0.4) is 0 Å². The lowest BCUT2D eigenvalue weighted by atomic mass is 10.8. The van der Waals surface area contributed by atoms with Gasteiger partial charge in [0.15, 0.2) is 0 Å². The van der Waals surface area contributed by atoms with Gasteiger partial charge in [0, 0.05) is 0 Å². The van der Waals surface area contributed by atoms with Crippen molar-refractivity contribution >= 4 is 28.6 Å². The van der Waals surface area contributed by atoms with Crippen LogP contribution in [-0.4, -0.2) is 10.5 Å². The molecule has 0 radical (unpaired) electrons. The summed E-state index contributed by atoms with van der Waals surface area (Å²) >= 11 is 4.48. The van der Waals surface area contributed by atoms with E-state index in [1.165, 1.54) is 0 Å². The van der Waals surface area contributed by atoms with Crippen molar-refractivity contribution < 1.29 is 4.79 Å². The molecular formula is C4H6NOS2+. The van der Waals surface area contributed by atoms with E-state index in [1.807, 2.05) is 0 Å². The molecule has 0 aliphatic heterocycles. The van der Waals surface area contributed by atoms with E-state index in [0.717, 1.165) is 24.4 Å². The van der Waals surface area contributed by atoms with Gasteiger partial charge < -0.3 is 0 Å². The summed E-state index contributed by atoms with van der Waals surface area (Å²) in [6.07, 6.45) is 2.29. The van der Waals surface area contributed by atoms with Crippen LogP contribution < -0.4 is 0 Å². The van der Waals surface area contributed by atoms with Crippen molar-refractivity contribution in [3.8, 4) is 0 Å². The van der Waals surface area contributed by atoms with E-state index < -0.39 is 0 Å². The molecule has 0 atom stereocenters. The van der Waals surface area contributed by atoms with E-state index in [9.17, 15) is 4.79 Å². The maximum atomic E-state index is 10.1. The SMILES string of the molecule is O=C(S)[S+]=NC1CC1. The van der Waals surface area contributed by atoms with Gasteiger partial charge in [-0.05, 0) is 29.8 Å². The zero-order valence-corrected chi connectivity index (χ0v) is 5.91. The minimum atomic E-state index is -0.211. The fourth-order valence-corrected chi connectivity index (χ4v) is 0.891. The van der Waals surface area contributed by atoms with Crippen LogP contribution in [0.25, 0.3) is 0 Å². The van der Waals surface area contributed by atoms with Gasteiger partial charge in [-0.15, -0.1) is 0 Å². The molecule has 44 valence electrons. The van der Waals surface area contributed by atoms with E-state index in [-0.39, 0.29) is 4.45 Å². The Morgan fingerprint density at radius 3 is 2.75 bits per heavy atom. The maximum Gasteiger partial charge on any atom is 0.490 e. The minimum Gasteiger partial charge on any atom is -0.211 e. The number of carbonyl (C=O) groups excluding carboxylic acids is 1. The highest BCUT2D eigenvalue weighted by Crippen LogP contribution is 2.23. The maximum absolute atomic E-state index is 10.1. The van der Waals surface area contributed by atoms with E-state index in [0.29, 0.717) is 6.04 Å². The summed E-state index contributed by atoms with van der Waals surface area (Å²) in [5, 5.41) is 0. The Balaban J connectivity index is 2.23. The van der Waals surface area contributed by atoms with Crippen LogP contribution >= 0.6 is 12.6 Å². The van der Waals surface area contributed by atoms with Crippen LogP contribution in [0, 0.1) is 0 Å². The van der Waals surface area contributed by atoms with Crippen LogP contribution in [0.2, 0.25) is 0 Å². The first-order valence-electron chi connectivity index (χ1n) is 2.39. The number of nitrogens with zero attached hydrogens (tertiary/aromatic N) is 1. The summed E-state index contributed by atoms with van der Waals surface area (Å²) in [7, 11) is 0. The molecule has 0 saturated heterocycles. The average Bonchev–Trinajstić information content (AvgIpc) is 2.41. The first kappa shape index (κ1) is 6.16. The monoisotopic (exact) mass is 148 g/mol. The second-order valence-electron chi connectivity index (χ2n) is 1.69. The molecule has 8 heavy (non-hydrogen) atoms. The highest BCUT2D eigenvalue weighted by atomic mass is 32.2. The van der Waals surface area contributed by atoms with Crippen molar-refractivity contribution in [1.29, 1.82) is 0 Å². The Morgan fingerprint density at radius 2 is 2.38 bits per heavy atom. The molecule has 0 spiro atoms. The molecule has 0 bridgehead atoms. The Labute approximate surface area is 57.2 Å². The molecule has 0 amide bonds. The Hall–Kier alpha value is 0.0400. The van der Waals surface area contributed by atoms with Crippen LogP contribution in [0.5, 0.6) is 0 Å². The average molecular weight is 148 g/mol. The first-order valence-corrected chi connectivity index (χ1v) is 3.61. The van der Waals surface area contributed by atoms with Gasteiger partial charge in [-0.2, -0.15) is 0 Å². The van der Waals surface area contributed by atoms with Crippen molar-refractivity contribution in [3.63, 3.8) is 0 Å². The molecule has 0 aromatic carbocycles. The molecule has 1 saturated carbocycles. The van der Waals surface area contributed by atoms with Crippen LogP contribution in [-0.2, 0) is 11.6 Å². The lowest BCUT2D eigenvalue weighted by Crippen LogP contribution is -1.77. The Bertz CT molecular complexity index is 130. The summed E-state index contributed by atoms with van der Waals surface area (Å²) in [5.74, 6) is 0. The molecule has 1 fully saturated rings. The van der Waals surface area contributed by atoms with Crippen molar-refractivity contribution in [3.05, 3.63) is 0 Å². The van der Waals surface area contributed by atoms with Crippen molar-refractivity contribution in [1.82, 2.24) is 0 Å². The largest absolute Gasteiger partial charge is 0.490 e.